The predicted octanol–water partition coefficient (Wildman–Crippen LogP) is 2.32. The highest BCUT2D eigenvalue weighted by Crippen LogP contribution is 2.33. The number of alkyl halides is 6. The van der Waals surface area contributed by atoms with Crippen LogP contribution < -0.4 is 0 Å². The quantitative estimate of drug-likeness (QED) is 0.559. The van der Waals surface area contributed by atoms with Crippen LogP contribution in [0.15, 0.2) is 23.0 Å². The number of carbonyl (C=O) groups is 2. The van der Waals surface area contributed by atoms with Crippen molar-refractivity contribution in [2.75, 3.05) is 47.0 Å². The highest BCUT2D eigenvalue weighted by molar-refractivity contribution is 5.73. The molecule has 0 aromatic carbocycles. The van der Waals surface area contributed by atoms with Crippen molar-refractivity contribution in [1.29, 1.82) is 0 Å². The van der Waals surface area contributed by atoms with Crippen LogP contribution in [-0.4, -0.2) is 103 Å². The molecule has 0 bridgehead atoms. The van der Waals surface area contributed by atoms with Gasteiger partial charge in [0.1, 0.15) is 0 Å². The summed E-state index contributed by atoms with van der Waals surface area (Å²) in [7, 11) is 4.15. The van der Waals surface area contributed by atoms with E-state index >= 15 is 0 Å². The largest absolute Gasteiger partial charge is 0.490 e. The molecule has 15 heteroatoms. The Kier molecular flexibility index (Phi) is 11.3. The highest BCUT2D eigenvalue weighted by atomic mass is 19.4. The van der Waals surface area contributed by atoms with Crippen molar-refractivity contribution in [3.8, 4) is 0 Å². The lowest BCUT2D eigenvalue weighted by Gasteiger charge is -2.21. The molecule has 1 aromatic heterocycles. The minimum Gasteiger partial charge on any atom is -0.475 e. The van der Waals surface area contributed by atoms with Crippen LogP contribution in [0, 0.1) is 5.92 Å². The second-order valence-corrected chi connectivity index (χ2v) is 7.65. The van der Waals surface area contributed by atoms with Crippen LogP contribution in [0.4, 0.5) is 26.3 Å². The Morgan fingerprint density at radius 2 is 1.68 bits per heavy atom. The molecule has 3 atom stereocenters. The average Bonchev–Trinajstić information content (AvgIpc) is 3.42. The summed E-state index contributed by atoms with van der Waals surface area (Å²) >= 11 is 0. The molecule has 3 heterocycles. The zero-order valence-electron chi connectivity index (χ0n) is 18.3. The van der Waals surface area contributed by atoms with Gasteiger partial charge in [0.25, 0.3) is 0 Å². The first kappa shape index (κ1) is 29.7. The standard InChI is InChI=1S/C15H24N2O3.2C2HF3O2/c1-16(2)4-6-20-15-8-17(7-12-3-5-18-9-12)14-11-19-10-13(14)15;2*3-2(4,5)1(6)7/h3,5,9,13-15H,4,6-8,10-11H2,1-2H3;2*(H,6,7)/t13-,14+,15-;;/m0../s1. The molecule has 0 aliphatic carbocycles. The van der Waals surface area contributed by atoms with Crippen molar-refractivity contribution in [2.24, 2.45) is 5.92 Å². The number of furan rings is 1. The zero-order chi connectivity index (χ0) is 26.1. The molecule has 196 valence electrons. The van der Waals surface area contributed by atoms with Gasteiger partial charge in [0.05, 0.1) is 38.5 Å². The molecular weight excluding hydrogens is 482 g/mol. The predicted molar refractivity (Wildman–Crippen MR) is 103 cm³/mol. The van der Waals surface area contributed by atoms with Crippen molar-refractivity contribution in [1.82, 2.24) is 9.80 Å². The van der Waals surface area contributed by atoms with Crippen LogP contribution in [0.25, 0.3) is 0 Å². The molecule has 3 rings (SSSR count). The molecule has 2 saturated heterocycles. The van der Waals surface area contributed by atoms with E-state index in [-0.39, 0.29) is 0 Å². The number of nitrogens with zero attached hydrogens (tertiary/aromatic N) is 2. The minimum absolute atomic E-state index is 0.300. The van der Waals surface area contributed by atoms with Crippen molar-refractivity contribution in [3.05, 3.63) is 24.2 Å². The molecule has 1 aromatic rings. The number of hydrogen-bond donors (Lipinski definition) is 2. The number of carboxylic acids is 2. The van der Waals surface area contributed by atoms with Gasteiger partial charge in [0.2, 0.25) is 0 Å². The summed E-state index contributed by atoms with van der Waals surface area (Å²) in [6.45, 7) is 5.35. The number of halogens is 6. The van der Waals surface area contributed by atoms with E-state index in [1.807, 2.05) is 12.3 Å². The van der Waals surface area contributed by atoms with Gasteiger partial charge in [-0.2, -0.15) is 26.3 Å². The Hall–Kier alpha value is -2.36. The second kappa shape index (κ2) is 12.9. The average molecular weight is 508 g/mol. The van der Waals surface area contributed by atoms with Gasteiger partial charge < -0.3 is 29.0 Å². The molecule has 0 radical (unpaired) electrons. The fraction of sp³-hybridized carbons (Fsp3) is 0.684. The van der Waals surface area contributed by atoms with Gasteiger partial charge in [-0.1, -0.05) is 0 Å². The van der Waals surface area contributed by atoms with Crippen LogP contribution in [0.2, 0.25) is 0 Å². The number of hydrogen-bond acceptors (Lipinski definition) is 7. The Morgan fingerprint density at radius 3 is 2.12 bits per heavy atom. The summed E-state index contributed by atoms with van der Waals surface area (Å²) < 4.78 is 80.4. The van der Waals surface area contributed by atoms with E-state index in [4.69, 9.17) is 33.7 Å². The van der Waals surface area contributed by atoms with E-state index in [1.54, 1.807) is 6.26 Å². The zero-order valence-corrected chi connectivity index (χ0v) is 18.3. The van der Waals surface area contributed by atoms with Crippen molar-refractivity contribution in [3.63, 3.8) is 0 Å². The van der Waals surface area contributed by atoms with E-state index in [1.165, 1.54) is 5.56 Å². The minimum atomic E-state index is -5.08. The lowest BCUT2D eigenvalue weighted by molar-refractivity contribution is -0.193. The molecule has 2 fully saturated rings. The normalized spacial score (nSPS) is 22.4. The van der Waals surface area contributed by atoms with E-state index in [2.05, 4.69) is 23.9 Å². The monoisotopic (exact) mass is 508 g/mol. The molecule has 2 aliphatic rings. The Balaban J connectivity index is 0.000000343. The molecule has 9 nitrogen and oxygen atoms in total. The summed E-state index contributed by atoms with van der Waals surface area (Å²) in [4.78, 5) is 22.4. The fourth-order valence-corrected chi connectivity index (χ4v) is 3.15. The maximum absolute atomic E-state index is 10.6. The van der Waals surface area contributed by atoms with Crippen LogP contribution in [-0.2, 0) is 25.6 Å². The third-order valence-corrected chi connectivity index (χ3v) is 4.78. The van der Waals surface area contributed by atoms with Gasteiger partial charge in [-0.25, -0.2) is 9.59 Å². The molecule has 34 heavy (non-hydrogen) atoms. The number of likely N-dealkylation sites (N-methyl/N-ethyl adjacent to an activating group) is 1. The summed E-state index contributed by atoms with van der Waals surface area (Å²) in [5.74, 6) is -5.00. The molecule has 0 spiro atoms. The van der Waals surface area contributed by atoms with Gasteiger partial charge in [0.15, 0.2) is 0 Å². The summed E-state index contributed by atoms with van der Waals surface area (Å²) in [6, 6.07) is 2.53. The first-order chi connectivity index (χ1) is 15.6. The van der Waals surface area contributed by atoms with Crippen molar-refractivity contribution < 1.29 is 60.0 Å². The van der Waals surface area contributed by atoms with Gasteiger partial charge >= 0.3 is 24.3 Å². The van der Waals surface area contributed by atoms with Crippen LogP contribution in [0.1, 0.15) is 5.56 Å². The summed E-state index contributed by atoms with van der Waals surface area (Å²) in [5.41, 5.74) is 1.23. The topological polar surface area (TPSA) is 113 Å². The molecule has 0 saturated carbocycles. The Morgan fingerprint density at radius 1 is 1.12 bits per heavy atom. The number of rotatable bonds is 6. The molecular formula is C19H26F6N2O7. The van der Waals surface area contributed by atoms with Crippen LogP contribution in [0.3, 0.4) is 0 Å². The number of aliphatic carboxylic acids is 2. The molecule has 2 aliphatic heterocycles. The number of ether oxygens (including phenoxy) is 2. The number of carboxylic acid groups (broad SMARTS) is 2. The first-order valence-electron chi connectivity index (χ1n) is 9.82. The summed E-state index contributed by atoms with van der Waals surface area (Å²) in [5, 5.41) is 14.2. The molecule has 2 N–H and O–H groups in total. The lowest BCUT2D eigenvalue weighted by atomic mass is 10.0. The van der Waals surface area contributed by atoms with Gasteiger partial charge in [-0.15, -0.1) is 0 Å². The Labute approximate surface area is 190 Å². The van der Waals surface area contributed by atoms with Crippen molar-refractivity contribution >= 4 is 11.9 Å². The van der Waals surface area contributed by atoms with Gasteiger partial charge in [-0.05, 0) is 20.2 Å². The fourth-order valence-electron chi connectivity index (χ4n) is 3.15. The number of likely N-dealkylation sites (tertiary alicyclic amines) is 1. The van der Waals surface area contributed by atoms with E-state index in [0.717, 1.165) is 39.5 Å². The highest BCUT2D eigenvalue weighted by Gasteiger charge is 2.45. The van der Waals surface area contributed by atoms with E-state index in [0.29, 0.717) is 18.1 Å². The lowest BCUT2D eigenvalue weighted by Crippen LogP contribution is -2.32. The first-order valence-corrected chi connectivity index (χ1v) is 9.82. The molecule has 0 amide bonds. The molecule has 0 unspecified atom stereocenters. The number of fused-ring (bicyclic) bond motifs is 1. The van der Waals surface area contributed by atoms with Crippen molar-refractivity contribution in [2.45, 2.75) is 31.0 Å². The Bertz CT molecular complexity index is 731. The maximum atomic E-state index is 10.6. The third-order valence-electron chi connectivity index (χ3n) is 4.78. The summed E-state index contributed by atoms with van der Waals surface area (Å²) in [6.07, 6.45) is -6.31. The van der Waals surface area contributed by atoms with E-state index < -0.39 is 24.3 Å². The van der Waals surface area contributed by atoms with E-state index in [9.17, 15) is 26.3 Å². The van der Waals surface area contributed by atoms with Gasteiger partial charge in [-0.3, -0.25) is 4.90 Å². The smallest absolute Gasteiger partial charge is 0.475 e. The third kappa shape index (κ3) is 10.3. The maximum Gasteiger partial charge on any atom is 0.490 e. The van der Waals surface area contributed by atoms with Crippen LogP contribution >= 0.6 is 0 Å². The van der Waals surface area contributed by atoms with Crippen LogP contribution in [0.5, 0.6) is 0 Å². The second-order valence-electron chi connectivity index (χ2n) is 7.65. The SMILES string of the molecule is CN(C)CCO[C@H]1CN(Cc2ccoc2)[C@@H]2COC[C@H]12.O=C(O)C(F)(F)F.O=C(O)C(F)(F)F. The van der Waals surface area contributed by atoms with Gasteiger partial charge in [0, 0.05) is 37.2 Å².